The Balaban J connectivity index is 0.000000232. The molecule has 0 bridgehead atoms. The number of nitrogens with one attached hydrogen (secondary N) is 2. The number of anilines is 4. The topological polar surface area (TPSA) is 186 Å². The number of piperazine rings is 1. The lowest BCUT2D eigenvalue weighted by atomic mass is 10.1. The summed E-state index contributed by atoms with van der Waals surface area (Å²) in [7, 11) is -2.18. The third kappa shape index (κ3) is 9.29. The van der Waals surface area contributed by atoms with E-state index in [2.05, 4.69) is 56.1 Å². The van der Waals surface area contributed by atoms with Crippen molar-refractivity contribution in [2.45, 2.75) is 82.2 Å². The molecule has 1 fully saturated rings. The van der Waals surface area contributed by atoms with Crippen molar-refractivity contribution in [3.05, 3.63) is 34.3 Å². The van der Waals surface area contributed by atoms with Gasteiger partial charge >= 0.3 is 0 Å². The molecule has 54 heavy (non-hydrogen) atoms. The van der Waals surface area contributed by atoms with Gasteiger partial charge in [-0.15, -0.1) is 0 Å². The molecule has 3 aromatic rings. The lowest BCUT2D eigenvalue weighted by Gasteiger charge is -2.35. The highest BCUT2D eigenvalue weighted by Crippen LogP contribution is 2.32. The quantitative estimate of drug-likeness (QED) is 0.207. The van der Waals surface area contributed by atoms with E-state index in [1.807, 2.05) is 20.0 Å². The van der Waals surface area contributed by atoms with Gasteiger partial charge in [0.2, 0.25) is 11.2 Å². The van der Waals surface area contributed by atoms with Gasteiger partial charge in [0.25, 0.3) is 0 Å². The highest BCUT2D eigenvalue weighted by Gasteiger charge is 2.31. The summed E-state index contributed by atoms with van der Waals surface area (Å²) in [5.74, 6) is 4.31. The van der Waals surface area contributed by atoms with Crippen LogP contribution in [-0.2, 0) is 47.3 Å². The first-order chi connectivity index (χ1) is 26.0. The molecule has 2 unspecified atom stereocenters. The van der Waals surface area contributed by atoms with Gasteiger partial charge in [-0.25, -0.2) is 15.0 Å². The fourth-order valence-corrected chi connectivity index (χ4v) is 9.79. The molecular weight excluding hydrogens is 750 g/mol. The molecule has 4 atom stereocenters. The molecular formula is C36H54ClN11O4S2. The van der Waals surface area contributed by atoms with Crippen molar-refractivity contribution in [2.24, 2.45) is 11.8 Å². The van der Waals surface area contributed by atoms with Gasteiger partial charge in [0, 0.05) is 76.5 Å². The Bertz CT molecular complexity index is 1830. The minimum Gasteiger partial charge on any atom is -0.394 e. The number of fused-ring (bicyclic) bond motifs is 3. The number of hydrogen-bond acceptors (Lipinski definition) is 15. The molecule has 0 aromatic carbocycles. The second-order valence-corrected chi connectivity index (χ2v) is 18.1. The summed E-state index contributed by atoms with van der Waals surface area (Å²) in [5.41, 5.74) is 3.89. The molecule has 15 nitrogen and oxygen atoms in total. The Hall–Kier alpha value is -3.09. The summed E-state index contributed by atoms with van der Waals surface area (Å²) < 4.78 is 24.6. The van der Waals surface area contributed by atoms with Crippen LogP contribution in [0.4, 0.5) is 23.4 Å². The molecule has 296 valence electrons. The van der Waals surface area contributed by atoms with Crippen LogP contribution < -0.4 is 20.4 Å². The predicted octanol–water partition coefficient (Wildman–Crippen LogP) is 2.33. The number of aliphatic hydroxyl groups excluding tert-OH is 2. The van der Waals surface area contributed by atoms with Gasteiger partial charge in [-0.3, -0.25) is 13.4 Å². The van der Waals surface area contributed by atoms with Crippen LogP contribution in [0.25, 0.3) is 0 Å². The highest BCUT2D eigenvalue weighted by molar-refractivity contribution is 7.85. The Kier molecular flexibility index (Phi) is 13.7. The molecule has 0 amide bonds. The molecule has 4 aliphatic rings. The van der Waals surface area contributed by atoms with Crippen LogP contribution in [0.5, 0.6) is 0 Å². The summed E-state index contributed by atoms with van der Waals surface area (Å²) in [5, 5.41) is 25.8. The number of nitrogens with zero attached hydrogens (tertiary/aromatic N) is 9. The Labute approximate surface area is 328 Å². The summed E-state index contributed by atoms with van der Waals surface area (Å²) in [6.45, 7) is 16.6. The fraction of sp³-hybridized carbons (Fsp3) is 0.667. The van der Waals surface area contributed by atoms with Gasteiger partial charge in [-0.1, -0.05) is 34.6 Å². The SMILES string of the molecule is CC(C)[C@H](CO)Nc1nc(Cl)nc2c1S(=O)CC2.CCN1CCc2ncc(N3CCN(c4nc5c(c(N[C@@H](CO)C(C)C)n4)S(=O)CC5)CC3)nc2CC1. The average molecular weight is 804 g/mol. The number of halogens is 1. The second-order valence-electron chi connectivity index (χ2n) is 14.7. The number of likely N-dealkylation sites (N-methyl/N-ethyl adjacent to an activating group) is 1. The molecule has 18 heteroatoms. The summed E-state index contributed by atoms with van der Waals surface area (Å²) in [4.78, 5) is 35.9. The maximum absolute atomic E-state index is 12.7. The lowest BCUT2D eigenvalue weighted by molar-refractivity contribution is 0.248. The Morgan fingerprint density at radius 1 is 0.704 bits per heavy atom. The zero-order chi connectivity index (χ0) is 38.5. The van der Waals surface area contributed by atoms with Crippen molar-refractivity contribution < 1.29 is 18.6 Å². The van der Waals surface area contributed by atoms with Crippen LogP contribution in [0.2, 0.25) is 5.28 Å². The highest BCUT2D eigenvalue weighted by atomic mass is 35.5. The molecule has 7 heterocycles. The van der Waals surface area contributed by atoms with Gasteiger partial charge < -0.3 is 35.5 Å². The first-order valence-corrected chi connectivity index (χ1v) is 22.1. The maximum Gasteiger partial charge on any atom is 0.227 e. The fourth-order valence-electron chi connectivity index (χ4n) is 6.98. The monoisotopic (exact) mass is 803 g/mol. The molecule has 0 spiro atoms. The molecule has 0 aliphatic carbocycles. The maximum atomic E-state index is 12.7. The van der Waals surface area contributed by atoms with E-state index in [-0.39, 0.29) is 42.4 Å². The van der Waals surface area contributed by atoms with Crippen molar-refractivity contribution >= 4 is 56.6 Å². The van der Waals surface area contributed by atoms with Crippen LogP contribution >= 0.6 is 11.6 Å². The number of hydrogen-bond donors (Lipinski definition) is 4. The third-order valence-electron chi connectivity index (χ3n) is 10.6. The van der Waals surface area contributed by atoms with Crippen LogP contribution in [0.15, 0.2) is 16.0 Å². The van der Waals surface area contributed by atoms with Gasteiger partial charge in [0.05, 0.1) is 75.9 Å². The zero-order valence-corrected chi connectivity index (χ0v) is 34.3. The standard InChI is InChI=1S/C25H38N8O2S.C11H16ClN3O2S/c1-4-31-8-5-18-19(6-9-31)27-22(15-26-18)32-10-12-33(13-11-32)25-29-20-7-14-36(35)23(20)24(30-25)28-21(16-34)17(2)3;1-6(2)8(5-16)13-10-9-7(3-4-18(9)17)14-11(12)15-10/h15,17,21,34H,4-14,16H2,1-3H3,(H,28,29,30);6,8,16H,3-5H2,1-2H3,(H,13,14,15)/t21-,36?;8-,18?/m00/s1. The molecule has 4 N–H and O–H groups in total. The lowest BCUT2D eigenvalue weighted by Crippen LogP contribution is -2.47. The van der Waals surface area contributed by atoms with Gasteiger partial charge in [-0.2, -0.15) is 9.97 Å². The molecule has 3 aromatic heterocycles. The Morgan fingerprint density at radius 3 is 1.80 bits per heavy atom. The third-order valence-corrected chi connectivity index (χ3v) is 13.7. The van der Waals surface area contributed by atoms with Gasteiger partial charge in [0.1, 0.15) is 27.2 Å². The molecule has 4 aliphatic heterocycles. The van der Waals surface area contributed by atoms with Crippen molar-refractivity contribution in [2.75, 3.05) is 91.0 Å². The van der Waals surface area contributed by atoms with E-state index in [0.29, 0.717) is 51.7 Å². The van der Waals surface area contributed by atoms with E-state index in [1.54, 1.807) is 0 Å². The van der Waals surface area contributed by atoms with Crippen molar-refractivity contribution in [3.63, 3.8) is 0 Å². The van der Waals surface area contributed by atoms with E-state index >= 15 is 0 Å². The second kappa shape index (κ2) is 18.2. The minimum atomic E-state index is -1.10. The van der Waals surface area contributed by atoms with E-state index in [0.717, 1.165) is 87.2 Å². The average Bonchev–Trinajstić information content (AvgIpc) is 3.66. The predicted molar refractivity (Wildman–Crippen MR) is 214 cm³/mol. The van der Waals surface area contributed by atoms with Crippen molar-refractivity contribution in [3.8, 4) is 0 Å². The number of aliphatic hydroxyl groups is 2. The van der Waals surface area contributed by atoms with Crippen LogP contribution in [0, 0.1) is 11.8 Å². The van der Waals surface area contributed by atoms with E-state index in [1.165, 1.54) is 0 Å². The first-order valence-electron chi connectivity index (χ1n) is 19.0. The normalized spacial score (nSPS) is 20.9. The summed E-state index contributed by atoms with van der Waals surface area (Å²) >= 11 is 5.86. The van der Waals surface area contributed by atoms with Crippen LogP contribution in [0.3, 0.4) is 0 Å². The number of aryl methyl sites for hydroxylation is 2. The number of rotatable bonds is 11. The zero-order valence-electron chi connectivity index (χ0n) is 31.9. The molecule has 1 saturated heterocycles. The van der Waals surface area contributed by atoms with Gasteiger partial charge in [0.15, 0.2) is 0 Å². The number of aromatic nitrogens is 6. The summed E-state index contributed by atoms with van der Waals surface area (Å²) in [6.07, 6.45) is 5.20. The smallest absolute Gasteiger partial charge is 0.227 e. The molecule has 0 saturated carbocycles. The minimum absolute atomic E-state index is 0.00459. The van der Waals surface area contributed by atoms with Gasteiger partial charge in [-0.05, 0) is 30.0 Å². The van der Waals surface area contributed by atoms with Crippen molar-refractivity contribution in [1.29, 1.82) is 0 Å². The Morgan fingerprint density at radius 2 is 1.24 bits per heavy atom. The van der Waals surface area contributed by atoms with E-state index < -0.39 is 21.6 Å². The molecule has 0 radical (unpaired) electrons. The summed E-state index contributed by atoms with van der Waals surface area (Å²) in [6, 6.07) is -0.292. The van der Waals surface area contributed by atoms with Crippen molar-refractivity contribution in [1.82, 2.24) is 34.8 Å². The largest absolute Gasteiger partial charge is 0.394 e. The first kappa shape index (κ1) is 40.6. The molecule has 7 rings (SSSR count). The van der Waals surface area contributed by atoms with Crippen LogP contribution in [-0.4, -0.2) is 136 Å². The van der Waals surface area contributed by atoms with E-state index in [9.17, 15) is 18.6 Å². The van der Waals surface area contributed by atoms with E-state index in [4.69, 9.17) is 31.5 Å². The van der Waals surface area contributed by atoms with Crippen LogP contribution in [0.1, 0.15) is 57.4 Å².